The lowest BCUT2D eigenvalue weighted by Crippen LogP contribution is -2.15. The van der Waals surface area contributed by atoms with Gasteiger partial charge >= 0.3 is 11.9 Å². The summed E-state index contributed by atoms with van der Waals surface area (Å²) in [4.78, 5) is 29.6. The van der Waals surface area contributed by atoms with Crippen molar-refractivity contribution in [1.82, 2.24) is 9.97 Å². The minimum atomic E-state index is -1.29. The van der Waals surface area contributed by atoms with Crippen LogP contribution in [0.1, 0.15) is 47.2 Å². The molecule has 0 spiro atoms. The van der Waals surface area contributed by atoms with Gasteiger partial charge in [-0.25, -0.2) is 19.6 Å². The second-order valence-electron chi connectivity index (χ2n) is 3.40. The molecule has 0 saturated heterocycles. The molecule has 1 heterocycles. The van der Waals surface area contributed by atoms with E-state index in [9.17, 15) is 9.59 Å². The van der Waals surface area contributed by atoms with Crippen LogP contribution in [0.5, 0.6) is 0 Å². The fourth-order valence-electron chi connectivity index (χ4n) is 1.23. The van der Waals surface area contributed by atoms with Gasteiger partial charge in [-0.05, 0) is 6.42 Å². The molecule has 0 fully saturated rings. The van der Waals surface area contributed by atoms with E-state index in [4.69, 9.17) is 9.84 Å². The summed E-state index contributed by atoms with van der Waals surface area (Å²) in [7, 11) is 0. The summed E-state index contributed by atoms with van der Waals surface area (Å²) in [5.41, 5.74) is -0.635. The van der Waals surface area contributed by atoms with Gasteiger partial charge in [0.25, 0.3) is 0 Å². The number of hydrogen-bond acceptors (Lipinski definition) is 5. The van der Waals surface area contributed by atoms with Crippen molar-refractivity contribution < 1.29 is 19.4 Å². The van der Waals surface area contributed by atoms with Crippen molar-refractivity contribution in [2.75, 3.05) is 6.61 Å². The Balaban J connectivity index is 2.65. The number of rotatable bonds is 6. The van der Waals surface area contributed by atoms with Crippen LogP contribution >= 0.6 is 0 Å². The van der Waals surface area contributed by atoms with Crippen LogP contribution in [0.4, 0.5) is 0 Å². The fraction of sp³-hybridized carbons (Fsp3) is 0.455. The highest BCUT2D eigenvalue weighted by Crippen LogP contribution is 2.05. The van der Waals surface area contributed by atoms with Crippen molar-refractivity contribution in [3.63, 3.8) is 0 Å². The molecule has 17 heavy (non-hydrogen) atoms. The highest BCUT2D eigenvalue weighted by molar-refractivity contribution is 5.99. The molecule has 0 aliphatic rings. The first-order chi connectivity index (χ1) is 8.16. The number of aromatic carboxylic acids is 1. The maximum Gasteiger partial charge on any atom is 0.359 e. The minimum Gasteiger partial charge on any atom is -0.476 e. The normalized spacial score (nSPS) is 9.94. The lowest BCUT2D eigenvalue weighted by atomic mass is 10.2. The van der Waals surface area contributed by atoms with Gasteiger partial charge < -0.3 is 9.84 Å². The smallest absolute Gasteiger partial charge is 0.359 e. The van der Waals surface area contributed by atoms with Gasteiger partial charge in [-0.1, -0.05) is 19.8 Å². The molecule has 1 aromatic rings. The molecule has 1 N–H and O–H groups in total. The van der Waals surface area contributed by atoms with Gasteiger partial charge in [-0.2, -0.15) is 0 Å². The number of aromatic nitrogens is 2. The van der Waals surface area contributed by atoms with E-state index in [1.165, 1.54) is 12.4 Å². The molecule has 6 heteroatoms. The third-order valence-corrected chi connectivity index (χ3v) is 2.08. The van der Waals surface area contributed by atoms with E-state index in [2.05, 4.69) is 9.97 Å². The molecular weight excluding hydrogens is 224 g/mol. The van der Waals surface area contributed by atoms with Gasteiger partial charge in [0.15, 0.2) is 11.4 Å². The molecular formula is C11H14N2O4. The average Bonchev–Trinajstić information content (AvgIpc) is 2.34. The molecule has 0 aliphatic heterocycles. The van der Waals surface area contributed by atoms with Crippen molar-refractivity contribution in [3.05, 3.63) is 23.8 Å². The third kappa shape index (κ3) is 3.82. The van der Waals surface area contributed by atoms with Crippen LogP contribution in [0.3, 0.4) is 0 Å². The first-order valence-corrected chi connectivity index (χ1v) is 5.38. The number of hydrogen-bond donors (Lipinski definition) is 1. The molecule has 92 valence electrons. The number of carboxylic acids is 1. The van der Waals surface area contributed by atoms with E-state index in [0.717, 1.165) is 19.3 Å². The maximum atomic E-state index is 11.5. The van der Waals surface area contributed by atoms with Gasteiger partial charge in [-0.15, -0.1) is 0 Å². The highest BCUT2D eigenvalue weighted by atomic mass is 16.5. The zero-order chi connectivity index (χ0) is 12.7. The molecule has 0 aliphatic carbocycles. The number of esters is 1. The van der Waals surface area contributed by atoms with Crippen LogP contribution in [0.15, 0.2) is 12.4 Å². The van der Waals surface area contributed by atoms with E-state index < -0.39 is 11.9 Å². The summed E-state index contributed by atoms with van der Waals surface area (Å²) in [5.74, 6) is -2.04. The lowest BCUT2D eigenvalue weighted by molar-refractivity contribution is 0.0479. The summed E-state index contributed by atoms with van der Waals surface area (Å²) in [6.07, 6.45) is 5.21. The van der Waals surface area contributed by atoms with Crippen molar-refractivity contribution in [3.8, 4) is 0 Å². The average molecular weight is 238 g/mol. The van der Waals surface area contributed by atoms with Crippen molar-refractivity contribution >= 4 is 11.9 Å². The molecule has 0 atom stereocenters. The molecule has 0 aromatic carbocycles. The monoisotopic (exact) mass is 238 g/mol. The Kier molecular flexibility index (Phi) is 5.06. The molecule has 0 unspecified atom stereocenters. The highest BCUT2D eigenvalue weighted by Gasteiger charge is 2.20. The number of ether oxygens (including phenoxy) is 1. The molecule has 1 rings (SSSR count). The molecule has 0 radical (unpaired) electrons. The number of carboxylic acid groups (broad SMARTS) is 1. The van der Waals surface area contributed by atoms with Crippen LogP contribution < -0.4 is 0 Å². The largest absolute Gasteiger partial charge is 0.476 e. The topological polar surface area (TPSA) is 89.4 Å². The molecule has 6 nitrogen and oxygen atoms in total. The van der Waals surface area contributed by atoms with E-state index in [1.54, 1.807) is 0 Å². The Hall–Kier alpha value is -1.98. The van der Waals surface area contributed by atoms with E-state index in [-0.39, 0.29) is 18.0 Å². The van der Waals surface area contributed by atoms with Crippen LogP contribution in [-0.2, 0) is 4.74 Å². The van der Waals surface area contributed by atoms with Gasteiger partial charge in [0.1, 0.15) is 0 Å². The van der Waals surface area contributed by atoms with Gasteiger partial charge in [0.2, 0.25) is 0 Å². The zero-order valence-electron chi connectivity index (χ0n) is 9.55. The number of carbonyl (C=O) groups is 2. The van der Waals surface area contributed by atoms with E-state index in [0.29, 0.717) is 0 Å². The zero-order valence-corrected chi connectivity index (χ0v) is 9.55. The van der Waals surface area contributed by atoms with E-state index >= 15 is 0 Å². The van der Waals surface area contributed by atoms with Crippen molar-refractivity contribution in [1.29, 1.82) is 0 Å². The summed E-state index contributed by atoms with van der Waals surface area (Å²) < 4.78 is 4.92. The van der Waals surface area contributed by atoms with Crippen molar-refractivity contribution in [2.24, 2.45) is 0 Å². The van der Waals surface area contributed by atoms with Crippen molar-refractivity contribution in [2.45, 2.75) is 26.2 Å². The summed E-state index contributed by atoms with van der Waals surface area (Å²) in [6.45, 7) is 2.30. The Bertz CT molecular complexity index is 406. The maximum absolute atomic E-state index is 11.5. The van der Waals surface area contributed by atoms with Crippen LogP contribution in [0.2, 0.25) is 0 Å². The molecule has 0 saturated carbocycles. The number of carbonyl (C=O) groups excluding carboxylic acids is 1. The minimum absolute atomic E-state index is 0.253. The van der Waals surface area contributed by atoms with Gasteiger partial charge in [-0.3, -0.25) is 0 Å². The van der Waals surface area contributed by atoms with Crippen LogP contribution in [0, 0.1) is 0 Å². The summed E-state index contributed by atoms with van der Waals surface area (Å²) in [5, 5.41) is 8.81. The second-order valence-corrected chi connectivity index (χ2v) is 3.40. The van der Waals surface area contributed by atoms with Gasteiger partial charge in [0.05, 0.1) is 6.61 Å². The summed E-state index contributed by atoms with van der Waals surface area (Å²) >= 11 is 0. The Morgan fingerprint density at radius 2 is 1.88 bits per heavy atom. The fourth-order valence-corrected chi connectivity index (χ4v) is 1.23. The molecule has 1 aromatic heterocycles. The van der Waals surface area contributed by atoms with Crippen LogP contribution in [-0.4, -0.2) is 33.6 Å². The predicted molar refractivity (Wildman–Crippen MR) is 58.8 cm³/mol. The van der Waals surface area contributed by atoms with Crippen LogP contribution in [0.25, 0.3) is 0 Å². The molecule has 0 amide bonds. The quantitative estimate of drug-likeness (QED) is 0.597. The molecule has 0 bridgehead atoms. The number of unbranched alkanes of at least 4 members (excludes halogenated alkanes) is 2. The second kappa shape index (κ2) is 6.57. The Morgan fingerprint density at radius 3 is 2.47 bits per heavy atom. The third-order valence-electron chi connectivity index (χ3n) is 2.08. The predicted octanol–water partition coefficient (Wildman–Crippen LogP) is 1.52. The Labute approximate surface area is 98.7 Å². The number of nitrogens with zero attached hydrogens (tertiary/aromatic N) is 2. The van der Waals surface area contributed by atoms with E-state index in [1.807, 2.05) is 6.92 Å². The first-order valence-electron chi connectivity index (χ1n) is 5.38. The SMILES string of the molecule is CCCCCOC(=O)c1nccnc1C(=O)O. The lowest BCUT2D eigenvalue weighted by Gasteiger charge is -2.04. The van der Waals surface area contributed by atoms with Gasteiger partial charge in [0, 0.05) is 12.4 Å². The Morgan fingerprint density at radius 1 is 1.24 bits per heavy atom. The standard InChI is InChI=1S/C11H14N2O4/c1-2-3-4-7-17-11(16)9-8(10(14)15)12-5-6-13-9/h5-6H,2-4,7H2,1H3,(H,14,15). The summed E-state index contributed by atoms with van der Waals surface area (Å²) in [6, 6.07) is 0. The first kappa shape index (κ1) is 13.1.